The van der Waals surface area contributed by atoms with E-state index in [0.717, 1.165) is 33.4 Å². The Morgan fingerprint density at radius 1 is 0.581 bits per heavy atom. The smallest absolute Gasteiger partial charge is 0.221 e. The van der Waals surface area contributed by atoms with Gasteiger partial charge >= 0.3 is 0 Å². The molecular formula is C37H58N2O4. The number of rotatable bonds is 9. The van der Waals surface area contributed by atoms with E-state index < -0.39 is 6.17 Å². The molecule has 0 fully saturated rings. The number of carbonyl (C=O) groups excluding carboxylic acids is 2. The maximum absolute atomic E-state index is 12.9. The van der Waals surface area contributed by atoms with E-state index in [0.29, 0.717) is 30.8 Å². The largest absolute Gasteiger partial charge is 0.507 e. The standard InChI is InChI=1S/C37H58N2O4/c1-14-29(38-30(40)17-15-23-19-25(34(2,3)4)32(42)26(20-23)35(5,6)7)39-31(41)18-16-24-21-27(36(8,9)10)33(43)28(22-24)37(11,12)13/h19-22,29,42-43H,14-18H2,1-13H3,(H,38,40)(H,39,41). The van der Waals surface area contributed by atoms with Crippen molar-refractivity contribution in [3.05, 3.63) is 57.6 Å². The molecule has 0 aliphatic carbocycles. The maximum atomic E-state index is 12.9. The Morgan fingerprint density at radius 3 is 1.05 bits per heavy atom. The van der Waals surface area contributed by atoms with Gasteiger partial charge in [0.05, 0.1) is 0 Å². The van der Waals surface area contributed by atoms with Crippen LogP contribution >= 0.6 is 0 Å². The number of hydrogen-bond donors (Lipinski definition) is 4. The van der Waals surface area contributed by atoms with Crippen molar-refractivity contribution in [1.29, 1.82) is 0 Å². The molecule has 6 nitrogen and oxygen atoms in total. The fourth-order valence-electron chi connectivity index (χ4n) is 5.25. The Balaban J connectivity index is 2.08. The van der Waals surface area contributed by atoms with Crippen LogP contribution in [0.25, 0.3) is 0 Å². The summed E-state index contributed by atoms with van der Waals surface area (Å²) in [7, 11) is 0. The van der Waals surface area contributed by atoms with Gasteiger partial charge in [-0.1, -0.05) is 114 Å². The minimum atomic E-state index is -0.454. The summed E-state index contributed by atoms with van der Waals surface area (Å²) in [6, 6.07) is 8.04. The molecule has 0 saturated heterocycles. The molecule has 0 spiro atoms. The number of phenolic OH excluding ortho intramolecular Hbond substituents is 2. The fourth-order valence-corrected chi connectivity index (χ4v) is 5.25. The van der Waals surface area contributed by atoms with Crippen LogP contribution in [-0.4, -0.2) is 28.2 Å². The molecule has 4 N–H and O–H groups in total. The van der Waals surface area contributed by atoms with E-state index in [-0.39, 0.29) is 46.3 Å². The number of nitrogens with one attached hydrogen (secondary N) is 2. The third-order valence-corrected chi connectivity index (χ3v) is 7.93. The first-order chi connectivity index (χ1) is 19.4. The van der Waals surface area contributed by atoms with Crippen molar-refractivity contribution in [1.82, 2.24) is 10.6 Å². The molecule has 0 radical (unpaired) electrons. The molecule has 0 aromatic heterocycles. The van der Waals surface area contributed by atoms with Gasteiger partial charge in [0.25, 0.3) is 0 Å². The summed E-state index contributed by atoms with van der Waals surface area (Å²) in [6.45, 7) is 26.9. The lowest BCUT2D eigenvalue weighted by molar-refractivity contribution is -0.124. The van der Waals surface area contributed by atoms with Gasteiger partial charge in [0, 0.05) is 12.8 Å². The molecule has 0 saturated carbocycles. The Labute approximate surface area is 261 Å². The molecule has 2 aromatic carbocycles. The average molecular weight is 595 g/mol. The summed E-state index contributed by atoms with van der Waals surface area (Å²) in [6.07, 6.45) is 1.75. The molecule has 0 bridgehead atoms. The van der Waals surface area contributed by atoms with E-state index in [4.69, 9.17) is 0 Å². The van der Waals surface area contributed by atoms with E-state index in [9.17, 15) is 19.8 Å². The summed E-state index contributed by atoms with van der Waals surface area (Å²) in [5.74, 6) is 0.410. The molecule has 0 atom stereocenters. The predicted molar refractivity (Wildman–Crippen MR) is 178 cm³/mol. The SMILES string of the molecule is CCC(NC(=O)CCc1cc(C(C)(C)C)c(O)c(C(C)(C)C)c1)NC(=O)CCc1cc(C(C)(C)C)c(O)c(C(C)(C)C)c1. The zero-order valence-electron chi connectivity index (χ0n) is 29.1. The third kappa shape index (κ3) is 10.0. The van der Waals surface area contributed by atoms with Crippen molar-refractivity contribution in [2.75, 3.05) is 0 Å². The first kappa shape index (κ1) is 36.2. The van der Waals surface area contributed by atoms with E-state index in [2.05, 4.69) is 93.7 Å². The lowest BCUT2D eigenvalue weighted by atomic mass is 9.78. The van der Waals surface area contributed by atoms with Crippen molar-refractivity contribution in [2.24, 2.45) is 0 Å². The van der Waals surface area contributed by atoms with Crippen LogP contribution in [0.3, 0.4) is 0 Å². The molecule has 2 aromatic rings. The Hall–Kier alpha value is -3.02. The second-order valence-corrected chi connectivity index (χ2v) is 16.2. The molecule has 0 aliphatic heterocycles. The summed E-state index contributed by atoms with van der Waals surface area (Å²) >= 11 is 0. The third-order valence-electron chi connectivity index (χ3n) is 7.93. The van der Waals surface area contributed by atoms with Gasteiger partial charge < -0.3 is 20.8 Å². The molecule has 240 valence electrons. The van der Waals surface area contributed by atoms with Crippen LogP contribution in [0.2, 0.25) is 0 Å². The van der Waals surface area contributed by atoms with Crippen molar-refractivity contribution >= 4 is 11.8 Å². The van der Waals surface area contributed by atoms with Gasteiger partial charge in [0.2, 0.25) is 11.8 Å². The normalized spacial score (nSPS) is 12.9. The number of phenols is 2. The van der Waals surface area contributed by atoms with Gasteiger partial charge in [-0.25, -0.2) is 0 Å². The van der Waals surface area contributed by atoms with Crippen molar-refractivity contribution < 1.29 is 19.8 Å². The number of aromatic hydroxyl groups is 2. The van der Waals surface area contributed by atoms with Gasteiger partial charge in [-0.3, -0.25) is 9.59 Å². The molecular weight excluding hydrogens is 536 g/mol. The van der Waals surface area contributed by atoms with Crippen molar-refractivity contribution in [3.8, 4) is 11.5 Å². The molecule has 6 heteroatoms. The van der Waals surface area contributed by atoms with Crippen molar-refractivity contribution in [3.63, 3.8) is 0 Å². The number of carbonyl (C=O) groups is 2. The Kier molecular flexibility index (Phi) is 11.2. The highest BCUT2D eigenvalue weighted by molar-refractivity contribution is 5.79. The lowest BCUT2D eigenvalue weighted by Gasteiger charge is -2.28. The first-order valence-corrected chi connectivity index (χ1v) is 15.8. The zero-order valence-corrected chi connectivity index (χ0v) is 29.1. The van der Waals surface area contributed by atoms with Gasteiger partial charge in [-0.05, 0) is 74.3 Å². The number of amides is 2. The van der Waals surface area contributed by atoms with Crippen LogP contribution < -0.4 is 10.6 Å². The predicted octanol–water partition coefficient (Wildman–Crippen LogP) is 7.82. The molecule has 0 aliphatic rings. The summed E-state index contributed by atoms with van der Waals surface area (Å²) in [4.78, 5) is 25.9. The van der Waals surface area contributed by atoms with Crippen LogP contribution in [0.4, 0.5) is 0 Å². The van der Waals surface area contributed by atoms with Crippen molar-refractivity contribution in [2.45, 2.75) is 150 Å². The van der Waals surface area contributed by atoms with E-state index in [1.165, 1.54) is 0 Å². The maximum Gasteiger partial charge on any atom is 0.221 e. The Morgan fingerprint density at radius 2 is 0.837 bits per heavy atom. The average Bonchev–Trinajstić information content (AvgIpc) is 2.84. The second-order valence-electron chi connectivity index (χ2n) is 16.2. The van der Waals surface area contributed by atoms with E-state index in [1.54, 1.807) is 0 Å². The molecule has 2 amide bonds. The number of hydrogen-bond acceptors (Lipinski definition) is 4. The van der Waals surface area contributed by atoms with E-state index >= 15 is 0 Å². The number of aryl methyl sites for hydroxylation is 2. The monoisotopic (exact) mass is 594 g/mol. The summed E-state index contributed by atoms with van der Waals surface area (Å²) in [5, 5.41) is 27.9. The van der Waals surface area contributed by atoms with Crippen LogP contribution in [0.15, 0.2) is 24.3 Å². The van der Waals surface area contributed by atoms with Gasteiger partial charge in [0.1, 0.15) is 17.7 Å². The summed E-state index contributed by atoms with van der Waals surface area (Å²) in [5.41, 5.74) is 4.62. The highest BCUT2D eigenvalue weighted by Crippen LogP contribution is 2.41. The van der Waals surface area contributed by atoms with Gasteiger partial charge in [-0.2, -0.15) is 0 Å². The Bertz CT molecular complexity index is 1130. The molecule has 0 heterocycles. The first-order valence-electron chi connectivity index (χ1n) is 15.8. The van der Waals surface area contributed by atoms with Crippen LogP contribution in [0.1, 0.15) is 143 Å². The quantitative estimate of drug-likeness (QED) is 0.222. The fraction of sp³-hybridized carbons (Fsp3) is 0.622. The highest BCUT2D eigenvalue weighted by Gasteiger charge is 2.28. The van der Waals surface area contributed by atoms with Gasteiger partial charge in [-0.15, -0.1) is 0 Å². The van der Waals surface area contributed by atoms with Crippen LogP contribution in [-0.2, 0) is 44.1 Å². The molecule has 43 heavy (non-hydrogen) atoms. The van der Waals surface area contributed by atoms with Gasteiger partial charge in [0.15, 0.2) is 0 Å². The molecule has 0 unspecified atom stereocenters. The van der Waals surface area contributed by atoms with Crippen LogP contribution in [0.5, 0.6) is 11.5 Å². The zero-order chi connectivity index (χ0) is 33.1. The highest BCUT2D eigenvalue weighted by atomic mass is 16.3. The number of benzene rings is 2. The lowest BCUT2D eigenvalue weighted by Crippen LogP contribution is -2.47. The minimum absolute atomic E-state index is 0.127. The van der Waals surface area contributed by atoms with Crippen LogP contribution in [0, 0.1) is 0 Å². The summed E-state index contributed by atoms with van der Waals surface area (Å²) < 4.78 is 0. The second kappa shape index (κ2) is 13.3. The van der Waals surface area contributed by atoms with E-state index in [1.807, 2.05) is 31.2 Å². The molecule has 2 rings (SSSR count). The minimum Gasteiger partial charge on any atom is -0.507 e. The topological polar surface area (TPSA) is 98.7 Å².